The minimum absolute atomic E-state index is 0.112. The van der Waals surface area contributed by atoms with Crippen LogP contribution >= 0.6 is 0 Å². The molecule has 0 amide bonds. The molecule has 9 nitrogen and oxygen atoms in total. The van der Waals surface area contributed by atoms with Crippen LogP contribution in [0.5, 0.6) is 0 Å². The molecule has 0 aliphatic carbocycles. The van der Waals surface area contributed by atoms with Crippen molar-refractivity contribution in [2.45, 2.75) is 0 Å². The lowest BCUT2D eigenvalue weighted by atomic mass is 9.99. The summed E-state index contributed by atoms with van der Waals surface area (Å²) < 4.78 is 15.5. The first-order valence-electron chi connectivity index (χ1n) is 7.01. The number of benzene rings is 1. The maximum atomic E-state index is 13.9. The van der Waals surface area contributed by atoms with Gasteiger partial charge in [0.15, 0.2) is 0 Å². The zero-order valence-electron chi connectivity index (χ0n) is 13.0. The molecule has 0 aliphatic heterocycles. The minimum atomic E-state index is -0.676. The molecule has 0 fully saturated rings. The van der Waals surface area contributed by atoms with Crippen molar-refractivity contribution in [3.8, 4) is 0 Å². The first kappa shape index (κ1) is 16.4. The first-order valence-corrected chi connectivity index (χ1v) is 7.01. The minimum Gasteiger partial charge on any atom is -0.338 e. The maximum Gasteiger partial charge on any atom is 0.271 e. The second kappa shape index (κ2) is 6.55. The predicted molar refractivity (Wildman–Crippen MR) is 90.2 cm³/mol. The van der Waals surface area contributed by atoms with Crippen molar-refractivity contribution in [3.63, 3.8) is 0 Å². The molecular weight excluding hydrogens is 328 g/mol. The van der Waals surface area contributed by atoms with E-state index in [2.05, 4.69) is 25.7 Å². The zero-order chi connectivity index (χ0) is 18.0. The van der Waals surface area contributed by atoms with Crippen molar-refractivity contribution in [3.05, 3.63) is 52.7 Å². The van der Waals surface area contributed by atoms with E-state index in [1.807, 2.05) is 0 Å². The SMILES string of the molecule is [B]c1cnc(Nc2cnn(C)c2)nc1Nc1cc([N+](=O)[O-])ccc1F. The Morgan fingerprint density at radius 1 is 1.32 bits per heavy atom. The fourth-order valence-electron chi connectivity index (χ4n) is 2.02. The molecule has 3 aromatic rings. The summed E-state index contributed by atoms with van der Waals surface area (Å²) >= 11 is 0. The molecular formula is C14H11BFN7O2. The molecule has 0 atom stereocenters. The number of halogens is 1. The summed E-state index contributed by atoms with van der Waals surface area (Å²) in [4.78, 5) is 18.4. The van der Waals surface area contributed by atoms with Crippen LogP contribution in [0.15, 0.2) is 36.8 Å². The average Bonchev–Trinajstić information content (AvgIpc) is 2.97. The summed E-state index contributed by atoms with van der Waals surface area (Å²) in [5.41, 5.74) is 0.430. The van der Waals surface area contributed by atoms with Gasteiger partial charge in [0.05, 0.1) is 22.5 Å². The summed E-state index contributed by atoms with van der Waals surface area (Å²) in [5.74, 6) is -0.360. The molecule has 2 heterocycles. The second-order valence-corrected chi connectivity index (χ2v) is 5.07. The van der Waals surface area contributed by atoms with Gasteiger partial charge in [0, 0.05) is 31.6 Å². The van der Waals surface area contributed by atoms with E-state index in [1.54, 1.807) is 24.1 Å². The standard InChI is InChI=1S/C14H11BFN7O2/c1-22-7-8(5-18-22)19-14-17-6-10(15)13(21-14)20-12-4-9(23(24)25)2-3-11(12)16/h2-7H,1H3,(H2,17,19,20,21). The van der Waals surface area contributed by atoms with Gasteiger partial charge >= 0.3 is 0 Å². The first-order chi connectivity index (χ1) is 11.9. The summed E-state index contributed by atoms with van der Waals surface area (Å²) in [7, 11) is 7.55. The summed E-state index contributed by atoms with van der Waals surface area (Å²) in [6, 6.07) is 3.12. The van der Waals surface area contributed by atoms with Gasteiger partial charge in [-0.05, 0) is 11.5 Å². The van der Waals surface area contributed by atoms with Gasteiger partial charge in [0.25, 0.3) is 5.69 Å². The third-order valence-electron chi connectivity index (χ3n) is 3.19. The topological polar surface area (TPSA) is 111 Å². The number of rotatable bonds is 5. The van der Waals surface area contributed by atoms with Gasteiger partial charge in [-0.2, -0.15) is 10.1 Å². The summed E-state index contributed by atoms with van der Waals surface area (Å²) in [5, 5.41) is 20.4. The Morgan fingerprint density at radius 3 is 2.80 bits per heavy atom. The molecule has 0 aliphatic rings. The van der Waals surface area contributed by atoms with Gasteiger partial charge in [-0.25, -0.2) is 9.37 Å². The Balaban J connectivity index is 1.88. The van der Waals surface area contributed by atoms with Crippen LogP contribution in [0.3, 0.4) is 0 Å². The lowest BCUT2D eigenvalue weighted by Gasteiger charge is -2.11. The highest BCUT2D eigenvalue weighted by molar-refractivity contribution is 6.35. The average molecular weight is 339 g/mol. The van der Waals surface area contributed by atoms with Crippen LogP contribution in [0.2, 0.25) is 0 Å². The zero-order valence-corrected chi connectivity index (χ0v) is 13.0. The van der Waals surface area contributed by atoms with Gasteiger partial charge in [0.1, 0.15) is 19.5 Å². The molecule has 2 N–H and O–H groups in total. The fraction of sp³-hybridized carbons (Fsp3) is 0.0714. The number of nitrogens with zero attached hydrogens (tertiary/aromatic N) is 5. The van der Waals surface area contributed by atoms with Crippen LogP contribution in [-0.4, -0.2) is 32.5 Å². The highest BCUT2D eigenvalue weighted by atomic mass is 19.1. The lowest BCUT2D eigenvalue weighted by molar-refractivity contribution is -0.384. The number of non-ortho nitro benzene ring substituents is 1. The van der Waals surface area contributed by atoms with E-state index in [4.69, 9.17) is 7.85 Å². The highest BCUT2D eigenvalue weighted by Crippen LogP contribution is 2.24. The highest BCUT2D eigenvalue weighted by Gasteiger charge is 2.13. The molecule has 0 bridgehead atoms. The van der Waals surface area contributed by atoms with Crippen molar-refractivity contribution < 1.29 is 9.31 Å². The smallest absolute Gasteiger partial charge is 0.271 e. The van der Waals surface area contributed by atoms with Crippen molar-refractivity contribution >= 4 is 42.1 Å². The van der Waals surface area contributed by atoms with Gasteiger partial charge in [0.2, 0.25) is 5.95 Å². The number of aromatic nitrogens is 4. The van der Waals surface area contributed by atoms with Gasteiger partial charge in [-0.3, -0.25) is 14.8 Å². The van der Waals surface area contributed by atoms with Gasteiger partial charge in [-0.1, -0.05) is 0 Å². The normalized spacial score (nSPS) is 10.5. The van der Waals surface area contributed by atoms with Crippen LogP contribution in [0, 0.1) is 15.9 Å². The van der Waals surface area contributed by atoms with Crippen molar-refractivity contribution in [2.75, 3.05) is 10.6 Å². The number of hydrogen-bond acceptors (Lipinski definition) is 7. The van der Waals surface area contributed by atoms with Gasteiger partial charge in [-0.15, -0.1) is 0 Å². The van der Waals surface area contributed by atoms with Crippen LogP contribution in [0.1, 0.15) is 0 Å². The number of nitro benzene ring substituents is 1. The molecule has 11 heteroatoms. The van der Waals surface area contributed by atoms with Crippen LogP contribution in [0.4, 0.5) is 33.2 Å². The van der Waals surface area contributed by atoms with E-state index in [9.17, 15) is 14.5 Å². The third kappa shape index (κ3) is 3.71. The monoisotopic (exact) mass is 339 g/mol. The molecule has 2 aromatic heterocycles. The van der Waals surface area contributed by atoms with Crippen molar-refractivity contribution in [1.29, 1.82) is 0 Å². The van der Waals surface area contributed by atoms with E-state index >= 15 is 0 Å². The number of anilines is 4. The third-order valence-corrected chi connectivity index (χ3v) is 3.19. The molecule has 0 saturated carbocycles. The molecule has 0 saturated heterocycles. The lowest BCUT2D eigenvalue weighted by Crippen LogP contribution is -2.15. The number of nitrogens with one attached hydrogen (secondary N) is 2. The fourth-order valence-corrected chi connectivity index (χ4v) is 2.02. The Hall–Kier alpha value is -3.50. The molecule has 25 heavy (non-hydrogen) atoms. The molecule has 2 radical (unpaired) electrons. The van der Waals surface area contributed by atoms with E-state index in [-0.39, 0.29) is 28.6 Å². The van der Waals surface area contributed by atoms with E-state index in [1.165, 1.54) is 6.20 Å². The Labute approximate surface area is 142 Å². The predicted octanol–water partition coefficient (Wildman–Crippen LogP) is 1.54. The quantitative estimate of drug-likeness (QED) is 0.412. The van der Waals surface area contributed by atoms with E-state index in [0.29, 0.717) is 5.69 Å². The summed E-state index contributed by atoms with van der Waals surface area (Å²) in [6.07, 6.45) is 4.63. The largest absolute Gasteiger partial charge is 0.338 e. The molecule has 0 unspecified atom stereocenters. The van der Waals surface area contributed by atoms with Crippen LogP contribution in [-0.2, 0) is 7.05 Å². The molecule has 3 rings (SSSR count). The Kier molecular flexibility index (Phi) is 4.29. The Morgan fingerprint density at radius 2 is 2.12 bits per heavy atom. The van der Waals surface area contributed by atoms with Crippen molar-refractivity contribution in [1.82, 2.24) is 19.7 Å². The number of nitro groups is 1. The maximum absolute atomic E-state index is 13.9. The van der Waals surface area contributed by atoms with E-state index < -0.39 is 10.7 Å². The Bertz CT molecular complexity index is 947. The number of aryl methyl sites for hydroxylation is 1. The van der Waals surface area contributed by atoms with Crippen LogP contribution in [0.25, 0.3) is 0 Å². The molecule has 1 aromatic carbocycles. The molecule has 124 valence electrons. The van der Waals surface area contributed by atoms with Gasteiger partial charge < -0.3 is 10.6 Å². The molecule has 0 spiro atoms. The second-order valence-electron chi connectivity index (χ2n) is 5.07. The van der Waals surface area contributed by atoms with Crippen LogP contribution < -0.4 is 16.1 Å². The summed E-state index contributed by atoms with van der Waals surface area (Å²) in [6.45, 7) is 0. The van der Waals surface area contributed by atoms with Crippen molar-refractivity contribution in [2.24, 2.45) is 7.05 Å². The van der Waals surface area contributed by atoms with E-state index in [0.717, 1.165) is 18.2 Å². The number of hydrogen-bond donors (Lipinski definition) is 2.